The van der Waals surface area contributed by atoms with Crippen molar-refractivity contribution in [1.29, 1.82) is 0 Å². The molecule has 0 heterocycles. The Balaban J connectivity index is 2.12. The fourth-order valence-electron chi connectivity index (χ4n) is 2.62. The van der Waals surface area contributed by atoms with Crippen LogP contribution in [0.4, 0.5) is 0 Å². The summed E-state index contributed by atoms with van der Waals surface area (Å²) in [6.45, 7) is 7.80. The summed E-state index contributed by atoms with van der Waals surface area (Å²) in [6.07, 6.45) is 1.47. The van der Waals surface area contributed by atoms with E-state index in [1.807, 2.05) is 13.8 Å². The number of nitrogens with one attached hydrogen (secondary N) is 2. The van der Waals surface area contributed by atoms with Gasteiger partial charge >= 0.3 is 0 Å². The van der Waals surface area contributed by atoms with Crippen molar-refractivity contribution in [3.05, 3.63) is 56.5 Å². The molecule has 168 valence electrons. The van der Waals surface area contributed by atoms with E-state index in [0.29, 0.717) is 17.9 Å². The van der Waals surface area contributed by atoms with Crippen LogP contribution in [0.1, 0.15) is 31.9 Å². The highest BCUT2D eigenvalue weighted by atomic mass is 79.9. The van der Waals surface area contributed by atoms with Gasteiger partial charge in [-0.2, -0.15) is 9.82 Å². The maximum atomic E-state index is 12.7. The van der Waals surface area contributed by atoms with Gasteiger partial charge in [0.15, 0.2) is 0 Å². The molecule has 2 aromatic rings. The van der Waals surface area contributed by atoms with Gasteiger partial charge in [-0.1, -0.05) is 31.5 Å². The van der Waals surface area contributed by atoms with E-state index in [0.717, 1.165) is 14.5 Å². The zero-order chi connectivity index (χ0) is 23.2. The molecule has 1 amide bonds. The molecular formula is C21H25Br2N3O4S. The molecule has 2 rings (SSSR count). The second-order valence-electron chi connectivity index (χ2n) is 7.14. The van der Waals surface area contributed by atoms with E-state index >= 15 is 0 Å². The first kappa shape index (κ1) is 25.5. The fraction of sp³-hybridized carbons (Fsp3) is 0.333. The molecule has 2 N–H and O–H groups in total. The summed E-state index contributed by atoms with van der Waals surface area (Å²) >= 11 is 6.88. The lowest BCUT2D eigenvalue weighted by Gasteiger charge is -2.20. The summed E-state index contributed by atoms with van der Waals surface area (Å²) in [5.41, 5.74) is 4.07. The Morgan fingerprint density at radius 3 is 2.26 bits per heavy atom. The molecule has 0 aliphatic heterocycles. The van der Waals surface area contributed by atoms with E-state index in [2.05, 4.69) is 47.1 Å². The minimum Gasteiger partial charge on any atom is -0.492 e. The second-order valence-corrected chi connectivity index (χ2v) is 10.6. The number of carbonyl (C=O) groups is 1. The fourth-order valence-corrected chi connectivity index (χ4v) is 5.42. The van der Waals surface area contributed by atoms with Gasteiger partial charge in [0.2, 0.25) is 10.0 Å². The number of hydrogen-bond acceptors (Lipinski definition) is 5. The standard InChI is InChI=1S/C21H25Br2N3O4S/c1-5-30-20-17(22)10-15(11-18(20)23)12-24-25-21(27)19(13(2)3)26-31(28,29)16-8-6-14(4)7-9-16/h6-13,19,26H,5H2,1-4H3,(H,25,27)/b24-12-/t19-/m0/s1. The number of ether oxygens (including phenoxy) is 1. The predicted octanol–water partition coefficient (Wildman–Crippen LogP) is 4.37. The van der Waals surface area contributed by atoms with Crippen LogP contribution in [0.15, 0.2) is 55.3 Å². The van der Waals surface area contributed by atoms with Crippen molar-refractivity contribution in [2.24, 2.45) is 11.0 Å². The summed E-state index contributed by atoms with van der Waals surface area (Å²) in [5.74, 6) is -0.163. The molecule has 0 bridgehead atoms. The van der Waals surface area contributed by atoms with E-state index in [1.165, 1.54) is 18.3 Å². The number of aryl methyl sites for hydroxylation is 1. The molecule has 0 saturated carbocycles. The average molecular weight is 575 g/mol. The highest BCUT2D eigenvalue weighted by molar-refractivity contribution is 9.11. The van der Waals surface area contributed by atoms with Crippen LogP contribution in [0.5, 0.6) is 5.75 Å². The third-order valence-electron chi connectivity index (χ3n) is 4.26. The van der Waals surface area contributed by atoms with Crippen LogP contribution in [-0.4, -0.2) is 33.2 Å². The van der Waals surface area contributed by atoms with Crippen LogP contribution in [0.3, 0.4) is 0 Å². The maximum Gasteiger partial charge on any atom is 0.258 e. The molecule has 0 aliphatic rings. The lowest BCUT2D eigenvalue weighted by Crippen LogP contribution is -2.48. The Hall–Kier alpha value is -1.75. The van der Waals surface area contributed by atoms with Crippen LogP contribution in [0.2, 0.25) is 0 Å². The van der Waals surface area contributed by atoms with Gasteiger partial charge in [-0.15, -0.1) is 0 Å². The zero-order valence-corrected chi connectivity index (χ0v) is 21.6. The maximum absolute atomic E-state index is 12.7. The van der Waals surface area contributed by atoms with Crippen LogP contribution in [-0.2, 0) is 14.8 Å². The van der Waals surface area contributed by atoms with E-state index in [4.69, 9.17) is 4.74 Å². The Kier molecular flexibility index (Phi) is 9.23. The lowest BCUT2D eigenvalue weighted by molar-refractivity contribution is -0.123. The highest BCUT2D eigenvalue weighted by Gasteiger charge is 2.28. The largest absolute Gasteiger partial charge is 0.492 e. The molecule has 2 aromatic carbocycles. The van der Waals surface area contributed by atoms with Gasteiger partial charge in [0.25, 0.3) is 5.91 Å². The SMILES string of the molecule is CCOc1c(Br)cc(/C=N\NC(=O)[C@@H](NS(=O)(=O)c2ccc(C)cc2)C(C)C)cc1Br. The molecule has 1 atom stereocenters. The summed E-state index contributed by atoms with van der Waals surface area (Å²) in [6, 6.07) is 9.03. The van der Waals surface area contributed by atoms with Crippen molar-refractivity contribution in [2.75, 3.05) is 6.61 Å². The van der Waals surface area contributed by atoms with Gasteiger partial charge in [-0.3, -0.25) is 4.79 Å². The van der Waals surface area contributed by atoms with Gasteiger partial charge < -0.3 is 4.74 Å². The van der Waals surface area contributed by atoms with Gasteiger partial charge in [-0.05, 0) is 81.5 Å². The van der Waals surface area contributed by atoms with Crippen molar-refractivity contribution in [1.82, 2.24) is 10.1 Å². The summed E-state index contributed by atoms with van der Waals surface area (Å²) < 4.78 is 34.8. The molecule has 0 radical (unpaired) electrons. The van der Waals surface area contributed by atoms with Crippen molar-refractivity contribution >= 4 is 54.0 Å². The topological polar surface area (TPSA) is 96.9 Å². The van der Waals surface area contributed by atoms with E-state index in [1.54, 1.807) is 38.1 Å². The number of rotatable bonds is 9. The number of benzene rings is 2. The minimum atomic E-state index is -3.85. The first-order valence-corrected chi connectivity index (χ1v) is 12.7. The van der Waals surface area contributed by atoms with Crippen LogP contribution in [0, 0.1) is 12.8 Å². The number of halogens is 2. The third-order valence-corrected chi connectivity index (χ3v) is 6.90. The Morgan fingerprint density at radius 1 is 1.16 bits per heavy atom. The second kappa shape index (κ2) is 11.2. The smallest absolute Gasteiger partial charge is 0.258 e. The Labute approximate surface area is 200 Å². The molecule has 7 nitrogen and oxygen atoms in total. The van der Waals surface area contributed by atoms with E-state index < -0.39 is 22.0 Å². The summed E-state index contributed by atoms with van der Waals surface area (Å²) in [7, 11) is -3.85. The van der Waals surface area contributed by atoms with Gasteiger partial charge in [-0.25, -0.2) is 13.8 Å². The molecule has 0 unspecified atom stereocenters. The first-order chi connectivity index (χ1) is 14.5. The molecule has 0 aliphatic carbocycles. The third kappa shape index (κ3) is 7.13. The number of carbonyl (C=O) groups excluding carboxylic acids is 1. The number of amides is 1. The quantitative estimate of drug-likeness (QED) is 0.343. The Morgan fingerprint density at radius 2 is 1.74 bits per heavy atom. The average Bonchev–Trinajstić information content (AvgIpc) is 2.69. The summed E-state index contributed by atoms with van der Waals surface area (Å²) in [4.78, 5) is 12.7. The zero-order valence-electron chi connectivity index (χ0n) is 17.6. The minimum absolute atomic E-state index is 0.101. The van der Waals surface area contributed by atoms with E-state index in [-0.39, 0.29) is 10.8 Å². The summed E-state index contributed by atoms with van der Waals surface area (Å²) in [5, 5.41) is 3.98. The van der Waals surface area contributed by atoms with Crippen molar-refractivity contribution in [2.45, 2.75) is 38.6 Å². The number of nitrogens with zero attached hydrogens (tertiary/aromatic N) is 1. The van der Waals surface area contributed by atoms with Crippen LogP contribution < -0.4 is 14.9 Å². The van der Waals surface area contributed by atoms with Crippen LogP contribution >= 0.6 is 31.9 Å². The first-order valence-electron chi connectivity index (χ1n) is 9.59. The number of hydrazone groups is 1. The molecular weight excluding hydrogens is 550 g/mol. The number of hydrogen-bond donors (Lipinski definition) is 2. The van der Waals surface area contributed by atoms with Gasteiger partial charge in [0, 0.05) is 0 Å². The van der Waals surface area contributed by atoms with Crippen molar-refractivity contribution < 1.29 is 17.9 Å². The van der Waals surface area contributed by atoms with Gasteiger partial charge in [0.05, 0.1) is 26.7 Å². The Bertz CT molecular complexity index is 1030. The lowest BCUT2D eigenvalue weighted by atomic mass is 10.1. The van der Waals surface area contributed by atoms with Crippen molar-refractivity contribution in [3.8, 4) is 5.75 Å². The predicted molar refractivity (Wildman–Crippen MR) is 129 cm³/mol. The highest BCUT2D eigenvalue weighted by Crippen LogP contribution is 2.34. The monoisotopic (exact) mass is 573 g/mol. The van der Waals surface area contributed by atoms with E-state index in [9.17, 15) is 13.2 Å². The number of sulfonamides is 1. The normalized spacial score (nSPS) is 12.9. The molecule has 31 heavy (non-hydrogen) atoms. The molecule has 0 aromatic heterocycles. The molecule has 10 heteroatoms. The van der Waals surface area contributed by atoms with Crippen LogP contribution in [0.25, 0.3) is 0 Å². The molecule has 0 spiro atoms. The molecule has 0 saturated heterocycles. The van der Waals surface area contributed by atoms with Crippen molar-refractivity contribution in [3.63, 3.8) is 0 Å². The van der Waals surface area contributed by atoms with Gasteiger partial charge in [0.1, 0.15) is 11.8 Å². The molecule has 0 fully saturated rings.